The zero-order valence-electron chi connectivity index (χ0n) is 12.5. The summed E-state index contributed by atoms with van der Waals surface area (Å²) in [6, 6.07) is 5.93. The van der Waals surface area contributed by atoms with Crippen molar-refractivity contribution in [1.29, 1.82) is 0 Å². The van der Waals surface area contributed by atoms with E-state index in [0.717, 1.165) is 42.3 Å². The van der Waals surface area contributed by atoms with Gasteiger partial charge in [0.25, 0.3) is 0 Å². The predicted octanol–water partition coefficient (Wildman–Crippen LogP) is 4.31. The van der Waals surface area contributed by atoms with E-state index >= 15 is 0 Å². The summed E-state index contributed by atoms with van der Waals surface area (Å²) in [5.41, 5.74) is 1.14. The van der Waals surface area contributed by atoms with E-state index in [-0.39, 0.29) is 6.10 Å². The summed E-state index contributed by atoms with van der Waals surface area (Å²) in [5, 5.41) is 4.25. The van der Waals surface area contributed by atoms with Crippen LogP contribution in [0.15, 0.2) is 18.2 Å². The molecule has 0 fully saturated rings. The number of hydrogen-bond acceptors (Lipinski definition) is 2. The van der Waals surface area contributed by atoms with Crippen molar-refractivity contribution in [3.63, 3.8) is 0 Å². The van der Waals surface area contributed by atoms with Crippen LogP contribution in [0.2, 0.25) is 5.02 Å². The lowest BCUT2D eigenvalue weighted by Gasteiger charge is -2.23. The molecule has 0 heterocycles. The normalized spacial score (nSPS) is 12.7. The molecule has 0 aliphatic carbocycles. The van der Waals surface area contributed by atoms with Crippen LogP contribution in [-0.4, -0.2) is 19.2 Å². The van der Waals surface area contributed by atoms with Gasteiger partial charge in [-0.05, 0) is 49.1 Å². The summed E-state index contributed by atoms with van der Waals surface area (Å²) in [4.78, 5) is 0. The van der Waals surface area contributed by atoms with Crippen molar-refractivity contribution in [2.75, 3.05) is 13.1 Å². The van der Waals surface area contributed by atoms with Gasteiger partial charge < -0.3 is 10.1 Å². The fourth-order valence-electron chi connectivity index (χ4n) is 1.90. The average molecular weight is 284 g/mol. The lowest BCUT2D eigenvalue weighted by Crippen LogP contribution is -2.35. The van der Waals surface area contributed by atoms with Gasteiger partial charge in [0.05, 0.1) is 0 Å². The van der Waals surface area contributed by atoms with Crippen LogP contribution >= 0.6 is 11.6 Å². The summed E-state index contributed by atoms with van der Waals surface area (Å²) < 4.78 is 6.10. The molecule has 0 aliphatic rings. The largest absolute Gasteiger partial charge is 0.489 e. The number of halogens is 1. The third kappa shape index (κ3) is 5.42. The zero-order valence-corrected chi connectivity index (χ0v) is 13.3. The molecule has 1 N–H and O–H groups in total. The van der Waals surface area contributed by atoms with Crippen molar-refractivity contribution >= 4 is 11.6 Å². The first-order chi connectivity index (χ1) is 9.08. The number of rotatable bonds is 8. The standard InChI is InChI=1S/C16H26ClNO/c1-5-9-18-11-16(12(3)4)19-14-7-8-15(17)13(6-2)10-14/h7-8,10,12,16,18H,5-6,9,11H2,1-4H3. The molecule has 108 valence electrons. The van der Waals surface area contributed by atoms with Crippen molar-refractivity contribution in [3.8, 4) is 5.75 Å². The number of nitrogens with one attached hydrogen (secondary N) is 1. The topological polar surface area (TPSA) is 21.3 Å². The van der Waals surface area contributed by atoms with Gasteiger partial charge >= 0.3 is 0 Å². The van der Waals surface area contributed by atoms with Gasteiger partial charge in [-0.3, -0.25) is 0 Å². The predicted molar refractivity (Wildman–Crippen MR) is 83.2 cm³/mol. The molecule has 1 aromatic carbocycles. The minimum absolute atomic E-state index is 0.192. The monoisotopic (exact) mass is 283 g/mol. The molecule has 1 unspecified atom stereocenters. The minimum Gasteiger partial charge on any atom is -0.489 e. The van der Waals surface area contributed by atoms with Crippen molar-refractivity contribution in [1.82, 2.24) is 5.32 Å². The Morgan fingerprint density at radius 3 is 2.58 bits per heavy atom. The lowest BCUT2D eigenvalue weighted by molar-refractivity contribution is 0.149. The van der Waals surface area contributed by atoms with Crippen molar-refractivity contribution in [2.45, 2.75) is 46.6 Å². The van der Waals surface area contributed by atoms with Crippen molar-refractivity contribution < 1.29 is 4.74 Å². The molecule has 0 spiro atoms. The van der Waals surface area contributed by atoms with Crippen LogP contribution in [0.4, 0.5) is 0 Å². The first kappa shape index (κ1) is 16.3. The van der Waals surface area contributed by atoms with E-state index in [1.165, 1.54) is 0 Å². The van der Waals surface area contributed by atoms with Gasteiger partial charge in [0.1, 0.15) is 11.9 Å². The summed E-state index contributed by atoms with van der Waals surface area (Å²) in [6.45, 7) is 10.6. The fourth-order valence-corrected chi connectivity index (χ4v) is 2.16. The van der Waals surface area contributed by atoms with Gasteiger partial charge in [-0.2, -0.15) is 0 Å². The Morgan fingerprint density at radius 1 is 1.26 bits per heavy atom. The van der Waals surface area contributed by atoms with E-state index in [0.29, 0.717) is 5.92 Å². The maximum atomic E-state index is 6.13. The Kier molecular flexibility index (Phi) is 7.25. The van der Waals surface area contributed by atoms with Gasteiger partial charge in [-0.1, -0.05) is 39.3 Å². The van der Waals surface area contributed by atoms with E-state index < -0.39 is 0 Å². The van der Waals surface area contributed by atoms with Crippen LogP contribution in [-0.2, 0) is 6.42 Å². The lowest BCUT2D eigenvalue weighted by atomic mass is 10.1. The Hall–Kier alpha value is -0.730. The maximum Gasteiger partial charge on any atom is 0.120 e. The van der Waals surface area contributed by atoms with E-state index in [1.54, 1.807) is 0 Å². The molecule has 0 aromatic heterocycles. The van der Waals surface area contributed by atoms with Crippen LogP contribution in [0.25, 0.3) is 0 Å². The molecule has 0 bridgehead atoms. The SMILES string of the molecule is CCCNCC(Oc1ccc(Cl)c(CC)c1)C(C)C. The summed E-state index contributed by atoms with van der Waals surface area (Å²) in [7, 11) is 0. The Bertz CT molecular complexity index is 379. The minimum atomic E-state index is 0.192. The smallest absolute Gasteiger partial charge is 0.120 e. The highest BCUT2D eigenvalue weighted by atomic mass is 35.5. The van der Waals surface area contributed by atoms with Crippen molar-refractivity contribution in [2.24, 2.45) is 5.92 Å². The second kappa shape index (κ2) is 8.44. The molecule has 19 heavy (non-hydrogen) atoms. The number of ether oxygens (including phenoxy) is 1. The second-order valence-electron chi connectivity index (χ2n) is 5.21. The van der Waals surface area contributed by atoms with Crippen LogP contribution in [0, 0.1) is 5.92 Å². The van der Waals surface area contributed by atoms with Gasteiger partial charge in [0.2, 0.25) is 0 Å². The summed E-state index contributed by atoms with van der Waals surface area (Å²) in [6.07, 6.45) is 2.26. The molecular formula is C16H26ClNO. The van der Waals surface area contributed by atoms with Crippen LogP contribution in [0.3, 0.4) is 0 Å². The number of hydrogen-bond donors (Lipinski definition) is 1. The highest BCUT2D eigenvalue weighted by molar-refractivity contribution is 6.31. The molecule has 1 aromatic rings. The van der Waals surface area contributed by atoms with Gasteiger partial charge in [0, 0.05) is 11.6 Å². The molecule has 1 rings (SSSR count). The molecule has 0 aliphatic heterocycles. The quantitative estimate of drug-likeness (QED) is 0.718. The van der Waals surface area contributed by atoms with E-state index in [2.05, 4.69) is 39.1 Å². The second-order valence-corrected chi connectivity index (χ2v) is 5.62. The zero-order chi connectivity index (χ0) is 14.3. The van der Waals surface area contributed by atoms with Gasteiger partial charge in [-0.25, -0.2) is 0 Å². The average Bonchev–Trinajstić information content (AvgIpc) is 2.39. The molecular weight excluding hydrogens is 258 g/mol. The van der Waals surface area contributed by atoms with E-state index in [9.17, 15) is 0 Å². The highest BCUT2D eigenvalue weighted by Crippen LogP contribution is 2.24. The maximum absolute atomic E-state index is 6.13. The molecule has 0 radical (unpaired) electrons. The van der Waals surface area contributed by atoms with E-state index in [4.69, 9.17) is 16.3 Å². The third-order valence-corrected chi connectivity index (χ3v) is 3.57. The van der Waals surface area contributed by atoms with Gasteiger partial charge in [0.15, 0.2) is 0 Å². The first-order valence-corrected chi connectivity index (χ1v) is 7.62. The summed E-state index contributed by atoms with van der Waals surface area (Å²) in [5.74, 6) is 1.39. The molecule has 0 saturated carbocycles. The third-order valence-electron chi connectivity index (χ3n) is 3.20. The Balaban J connectivity index is 2.67. The Labute approximate surface area is 122 Å². The molecule has 2 nitrogen and oxygen atoms in total. The highest BCUT2D eigenvalue weighted by Gasteiger charge is 2.15. The molecule has 1 atom stereocenters. The number of aryl methyl sites for hydroxylation is 1. The first-order valence-electron chi connectivity index (χ1n) is 7.24. The number of benzene rings is 1. The molecule has 0 saturated heterocycles. The van der Waals surface area contributed by atoms with Crippen LogP contribution in [0.5, 0.6) is 5.75 Å². The van der Waals surface area contributed by atoms with Crippen molar-refractivity contribution in [3.05, 3.63) is 28.8 Å². The van der Waals surface area contributed by atoms with Crippen LogP contribution in [0.1, 0.15) is 39.7 Å². The Morgan fingerprint density at radius 2 is 2.00 bits per heavy atom. The fraction of sp³-hybridized carbons (Fsp3) is 0.625. The van der Waals surface area contributed by atoms with Gasteiger partial charge in [-0.15, -0.1) is 0 Å². The molecule has 0 amide bonds. The van der Waals surface area contributed by atoms with Crippen LogP contribution < -0.4 is 10.1 Å². The van der Waals surface area contributed by atoms with E-state index in [1.807, 2.05) is 12.1 Å². The molecule has 3 heteroatoms. The summed E-state index contributed by atoms with van der Waals surface area (Å²) >= 11 is 6.13.